The largest absolute Gasteiger partial charge is 0.416 e. The quantitative estimate of drug-likeness (QED) is 0.794. The number of anilines is 1. The van der Waals surface area contributed by atoms with E-state index in [4.69, 9.17) is 0 Å². The van der Waals surface area contributed by atoms with Gasteiger partial charge >= 0.3 is 6.18 Å². The van der Waals surface area contributed by atoms with E-state index in [0.29, 0.717) is 11.6 Å². The summed E-state index contributed by atoms with van der Waals surface area (Å²) in [7, 11) is 1.63. The third-order valence-corrected chi connectivity index (χ3v) is 2.62. The van der Waals surface area contributed by atoms with Crippen LogP contribution in [-0.2, 0) is 6.18 Å². The highest BCUT2D eigenvalue weighted by Gasteiger charge is 2.33. The summed E-state index contributed by atoms with van der Waals surface area (Å²) < 4.78 is 37.6. The Morgan fingerprint density at radius 2 is 1.87 bits per heavy atom. The molecule has 0 bridgehead atoms. The number of benzene rings is 1. The van der Waals surface area contributed by atoms with Gasteiger partial charge in [0.05, 0.1) is 5.56 Å². The molecule has 0 heterocycles. The summed E-state index contributed by atoms with van der Waals surface area (Å²) in [5, 5.41) is 2.76. The molecular weight excluding hydrogens is 203 g/mol. The smallest absolute Gasteiger partial charge is 0.388 e. The second kappa shape index (κ2) is 3.43. The van der Waals surface area contributed by atoms with E-state index in [0.717, 1.165) is 24.5 Å². The summed E-state index contributed by atoms with van der Waals surface area (Å²) >= 11 is 0. The Morgan fingerprint density at radius 1 is 1.20 bits per heavy atom. The minimum atomic E-state index is -4.25. The third kappa shape index (κ3) is 2.25. The zero-order chi connectivity index (χ0) is 11.1. The highest BCUT2D eigenvalue weighted by molar-refractivity contribution is 5.50. The normalized spacial score (nSPS) is 16.5. The topological polar surface area (TPSA) is 12.0 Å². The average molecular weight is 215 g/mol. The first kappa shape index (κ1) is 10.3. The van der Waals surface area contributed by atoms with Crippen LogP contribution in [-0.4, -0.2) is 7.05 Å². The van der Waals surface area contributed by atoms with Crippen LogP contribution < -0.4 is 5.32 Å². The first-order chi connectivity index (χ1) is 7.00. The summed E-state index contributed by atoms with van der Waals surface area (Å²) in [6.07, 6.45) is -2.24. The van der Waals surface area contributed by atoms with E-state index >= 15 is 0 Å². The molecule has 0 atom stereocenters. The fourth-order valence-corrected chi connectivity index (χ4v) is 1.61. The monoisotopic (exact) mass is 215 g/mol. The molecule has 4 heteroatoms. The zero-order valence-corrected chi connectivity index (χ0v) is 8.36. The highest BCUT2D eigenvalue weighted by Crippen LogP contribution is 2.43. The van der Waals surface area contributed by atoms with Crippen molar-refractivity contribution in [1.29, 1.82) is 0 Å². The molecule has 1 aliphatic rings. The van der Waals surface area contributed by atoms with Crippen molar-refractivity contribution in [2.75, 3.05) is 12.4 Å². The van der Waals surface area contributed by atoms with Gasteiger partial charge < -0.3 is 5.32 Å². The Bertz CT molecular complexity index is 367. The van der Waals surface area contributed by atoms with Crippen LogP contribution in [0.5, 0.6) is 0 Å². The number of halogens is 3. The summed E-state index contributed by atoms with van der Waals surface area (Å²) in [5.41, 5.74) is 0.775. The molecule has 0 aromatic heterocycles. The van der Waals surface area contributed by atoms with E-state index in [-0.39, 0.29) is 0 Å². The van der Waals surface area contributed by atoms with Crippen molar-refractivity contribution in [1.82, 2.24) is 0 Å². The van der Waals surface area contributed by atoms with E-state index < -0.39 is 11.7 Å². The van der Waals surface area contributed by atoms with Gasteiger partial charge in [-0.3, -0.25) is 0 Å². The number of nitrogens with one attached hydrogen (secondary N) is 1. The van der Waals surface area contributed by atoms with Crippen molar-refractivity contribution in [2.45, 2.75) is 24.9 Å². The lowest BCUT2D eigenvalue weighted by molar-refractivity contribution is -0.137. The van der Waals surface area contributed by atoms with Gasteiger partial charge in [-0.05, 0) is 42.5 Å². The molecular formula is C11H12F3N. The number of rotatable bonds is 2. The predicted molar refractivity (Wildman–Crippen MR) is 53.0 cm³/mol. The van der Waals surface area contributed by atoms with Gasteiger partial charge in [0.25, 0.3) is 0 Å². The lowest BCUT2D eigenvalue weighted by atomic mass is 10.1. The molecule has 1 fully saturated rings. The minimum absolute atomic E-state index is 0.333. The van der Waals surface area contributed by atoms with E-state index in [1.807, 2.05) is 0 Å². The van der Waals surface area contributed by atoms with Crippen LogP contribution in [0.25, 0.3) is 0 Å². The Morgan fingerprint density at radius 3 is 2.33 bits per heavy atom. The van der Waals surface area contributed by atoms with Crippen molar-refractivity contribution < 1.29 is 13.2 Å². The molecule has 1 N–H and O–H groups in total. The van der Waals surface area contributed by atoms with Gasteiger partial charge in [-0.2, -0.15) is 13.2 Å². The molecule has 82 valence electrons. The van der Waals surface area contributed by atoms with Gasteiger partial charge in [0.2, 0.25) is 0 Å². The first-order valence-electron chi connectivity index (χ1n) is 4.90. The van der Waals surface area contributed by atoms with Crippen LogP contribution in [0.15, 0.2) is 18.2 Å². The maximum atomic E-state index is 12.5. The van der Waals surface area contributed by atoms with Gasteiger partial charge in [0.1, 0.15) is 0 Å². The number of hydrogen-bond acceptors (Lipinski definition) is 1. The number of hydrogen-bond donors (Lipinski definition) is 1. The molecule has 1 aromatic carbocycles. The molecule has 0 saturated heterocycles. The molecule has 1 aromatic rings. The second-order valence-corrected chi connectivity index (χ2v) is 3.87. The summed E-state index contributed by atoms with van der Waals surface area (Å²) in [4.78, 5) is 0. The zero-order valence-electron chi connectivity index (χ0n) is 8.36. The summed E-state index contributed by atoms with van der Waals surface area (Å²) in [6.45, 7) is 0. The van der Waals surface area contributed by atoms with Gasteiger partial charge in [0.15, 0.2) is 0 Å². The SMILES string of the molecule is CNc1cc(C2CC2)cc(C(F)(F)F)c1. The van der Waals surface area contributed by atoms with Crippen molar-refractivity contribution >= 4 is 5.69 Å². The molecule has 15 heavy (non-hydrogen) atoms. The van der Waals surface area contributed by atoms with Crippen LogP contribution in [0.3, 0.4) is 0 Å². The third-order valence-electron chi connectivity index (χ3n) is 2.62. The lowest BCUT2D eigenvalue weighted by Gasteiger charge is -2.11. The van der Waals surface area contributed by atoms with E-state index in [9.17, 15) is 13.2 Å². The predicted octanol–water partition coefficient (Wildman–Crippen LogP) is 3.62. The fraction of sp³-hybridized carbons (Fsp3) is 0.455. The fourth-order valence-electron chi connectivity index (χ4n) is 1.61. The van der Waals surface area contributed by atoms with E-state index in [2.05, 4.69) is 5.32 Å². The van der Waals surface area contributed by atoms with Gasteiger partial charge in [-0.25, -0.2) is 0 Å². The van der Waals surface area contributed by atoms with Gasteiger partial charge in [-0.15, -0.1) is 0 Å². The molecule has 0 unspecified atom stereocenters. The van der Waals surface area contributed by atoms with Crippen LogP contribution in [0.1, 0.15) is 29.9 Å². The van der Waals surface area contributed by atoms with E-state index in [1.54, 1.807) is 13.1 Å². The lowest BCUT2D eigenvalue weighted by Crippen LogP contribution is -2.06. The molecule has 2 rings (SSSR count). The Labute approximate surface area is 86.3 Å². The highest BCUT2D eigenvalue weighted by atomic mass is 19.4. The first-order valence-corrected chi connectivity index (χ1v) is 4.90. The molecule has 0 radical (unpaired) electrons. The van der Waals surface area contributed by atoms with Gasteiger partial charge in [0, 0.05) is 12.7 Å². The summed E-state index contributed by atoms with van der Waals surface area (Å²) in [6, 6.07) is 4.21. The molecule has 0 spiro atoms. The van der Waals surface area contributed by atoms with Crippen molar-refractivity contribution in [3.63, 3.8) is 0 Å². The molecule has 1 saturated carbocycles. The molecule has 0 amide bonds. The summed E-state index contributed by atoms with van der Waals surface area (Å²) in [5.74, 6) is 0.333. The van der Waals surface area contributed by atoms with E-state index in [1.165, 1.54) is 6.07 Å². The van der Waals surface area contributed by atoms with Gasteiger partial charge in [-0.1, -0.05) is 0 Å². The maximum Gasteiger partial charge on any atom is 0.416 e. The Hall–Kier alpha value is -1.19. The van der Waals surface area contributed by atoms with Crippen LogP contribution in [0, 0.1) is 0 Å². The second-order valence-electron chi connectivity index (χ2n) is 3.87. The average Bonchev–Trinajstić information content (AvgIpc) is 2.99. The molecule has 0 aliphatic heterocycles. The Kier molecular flexibility index (Phi) is 2.37. The maximum absolute atomic E-state index is 12.5. The van der Waals surface area contributed by atoms with Crippen molar-refractivity contribution in [2.24, 2.45) is 0 Å². The van der Waals surface area contributed by atoms with Crippen LogP contribution >= 0.6 is 0 Å². The molecule has 1 nitrogen and oxygen atoms in total. The minimum Gasteiger partial charge on any atom is -0.388 e. The number of alkyl halides is 3. The molecule has 1 aliphatic carbocycles. The Balaban J connectivity index is 2.41. The standard InChI is InChI=1S/C11H12F3N/c1-15-10-5-8(7-2-3-7)4-9(6-10)11(12,13)14/h4-7,15H,2-3H2,1H3. The van der Waals surface area contributed by atoms with Crippen molar-refractivity contribution in [3.05, 3.63) is 29.3 Å². The van der Waals surface area contributed by atoms with Crippen LogP contribution in [0.4, 0.5) is 18.9 Å². The van der Waals surface area contributed by atoms with Crippen molar-refractivity contribution in [3.8, 4) is 0 Å². The van der Waals surface area contributed by atoms with Crippen LogP contribution in [0.2, 0.25) is 0 Å².